The molecule has 0 heterocycles. The van der Waals surface area contributed by atoms with Gasteiger partial charge in [-0.3, -0.25) is 24.5 Å². The molecule has 0 saturated heterocycles. The smallest absolute Gasteiger partial charge is 0.281 e. The van der Waals surface area contributed by atoms with Crippen LogP contribution in [0.5, 0.6) is 0 Å². The average Bonchev–Trinajstić information content (AvgIpc) is 2.46. The molecular weight excluding hydrogens is 314 g/mol. The van der Waals surface area contributed by atoms with Crippen molar-refractivity contribution >= 4 is 33.7 Å². The molecule has 0 bridgehead atoms. The molecule has 1 saturated carbocycles. The highest BCUT2D eigenvalue weighted by Gasteiger charge is 2.39. The second-order valence-electron chi connectivity index (χ2n) is 4.80. The molecular formula is C13H11NO7S. The van der Waals surface area contributed by atoms with E-state index in [1.165, 1.54) is 0 Å². The maximum atomic E-state index is 12.3. The van der Waals surface area contributed by atoms with Gasteiger partial charge in [0.15, 0.2) is 28.1 Å². The van der Waals surface area contributed by atoms with Gasteiger partial charge in [-0.05, 0) is 18.6 Å². The quantitative estimate of drug-likeness (QED) is 0.283. The number of Topliss-reactive ketones (excluding diaryl/α,β-unsaturated/α-hetero) is 3. The van der Waals surface area contributed by atoms with E-state index in [2.05, 4.69) is 0 Å². The Morgan fingerprint density at radius 3 is 2.27 bits per heavy atom. The third kappa shape index (κ3) is 2.93. The van der Waals surface area contributed by atoms with Crippen molar-refractivity contribution in [1.29, 1.82) is 0 Å². The van der Waals surface area contributed by atoms with Crippen LogP contribution in [0.2, 0.25) is 0 Å². The first-order valence-electron chi connectivity index (χ1n) is 6.35. The summed E-state index contributed by atoms with van der Waals surface area (Å²) in [6.07, 6.45) is 0.500. The molecule has 0 unspecified atom stereocenters. The van der Waals surface area contributed by atoms with Crippen molar-refractivity contribution in [3.63, 3.8) is 0 Å². The maximum Gasteiger partial charge on any atom is 0.281 e. The molecule has 8 nitrogen and oxygen atoms in total. The number of nitrogens with zero attached hydrogens (tertiary/aromatic N) is 1. The summed E-state index contributed by atoms with van der Waals surface area (Å²) in [4.78, 5) is 45.7. The van der Waals surface area contributed by atoms with Crippen LogP contribution in [0.25, 0.3) is 0 Å². The Balaban J connectivity index is 2.51. The fourth-order valence-electron chi connectivity index (χ4n) is 2.35. The fourth-order valence-corrected chi connectivity index (χ4v) is 2.77. The molecule has 0 aromatic heterocycles. The summed E-state index contributed by atoms with van der Waals surface area (Å²) in [5.41, 5.74) is -1.16. The lowest BCUT2D eigenvalue weighted by Gasteiger charge is -2.18. The van der Waals surface area contributed by atoms with E-state index in [0.29, 0.717) is 6.42 Å². The largest absolute Gasteiger partial charge is 0.298 e. The summed E-state index contributed by atoms with van der Waals surface area (Å²) in [5.74, 6) is -3.60. The number of hydrogen-bond donors (Lipinski definition) is 1. The number of hydrogen-bond acceptors (Lipinski definition) is 7. The Labute approximate surface area is 126 Å². The van der Waals surface area contributed by atoms with Crippen LogP contribution in [-0.4, -0.2) is 30.7 Å². The lowest BCUT2D eigenvalue weighted by Crippen LogP contribution is -2.35. The van der Waals surface area contributed by atoms with E-state index >= 15 is 0 Å². The first kappa shape index (κ1) is 16.0. The highest BCUT2D eigenvalue weighted by atomic mass is 32.2. The highest BCUT2D eigenvalue weighted by molar-refractivity contribution is 7.72. The van der Waals surface area contributed by atoms with Crippen molar-refractivity contribution in [3.8, 4) is 0 Å². The van der Waals surface area contributed by atoms with Gasteiger partial charge in [-0.2, -0.15) is 0 Å². The SMILES string of the molecule is O=C1CCCC(=O)C1C(=O)c1ccc([SH](=O)=O)cc1[N+](=O)[O-]. The molecule has 0 aliphatic heterocycles. The number of carbonyl (C=O) groups excluding carboxylic acids is 3. The predicted octanol–water partition coefficient (Wildman–Crippen LogP) is 0.686. The molecule has 1 aliphatic carbocycles. The van der Waals surface area contributed by atoms with E-state index in [-0.39, 0.29) is 17.7 Å². The van der Waals surface area contributed by atoms with Crippen molar-refractivity contribution in [3.05, 3.63) is 33.9 Å². The van der Waals surface area contributed by atoms with Crippen LogP contribution in [0.1, 0.15) is 29.6 Å². The van der Waals surface area contributed by atoms with E-state index in [1.807, 2.05) is 0 Å². The molecule has 0 radical (unpaired) electrons. The molecule has 2 rings (SSSR count). The van der Waals surface area contributed by atoms with E-state index in [9.17, 15) is 32.9 Å². The second kappa shape index (κ2) is 6.14. The monoisotopic (exact) mass is 325 g/mol. The van der Waals surface area contributed by atoms with Crippen LogP contribution >= 0.6 is 0 Å². The number of benzene rings is 1. The van der Waals surface area contributed by atoms with Crippen molar-refractivity contribution < 1.29 is 27.7 Å². The van der Waals surface area contributed by atoms with Crippen molar-refractivity contribution in [1.82, 2.24) is 0 Å². The maximum absolute atomic E-state index is 12.3. The number of rotatable bonds is 4. The van der Waals surface area contributed by atoms with Gasteiger partial charge in [0.1, 0.15) is 5.92 Å². The van der Waals surface area contributed by atoms with Crippen molar-refractivity contribution in [2.45, 2.75) is 24.2 Å². The Kier molecular flexibility index (Phi) is 4.45. The summed E-state index contributed by atoms with van der Waals surface area (Å²) in [6.45, 7) is 0. The minimum atomic E-state index is -3.05. The van der Waals surface area contributed by atoms with Crippen LogP contribution in [-0.2, 0) is 20.3 Å². The third-order valence-corrected chi connectivity index (χ3v) is 4.11. The molecule has 1 aromatic carbocycles. The molecule has 0 spiro atoms. The summed E-state index contributed by atoms with van der Waals surface area (Å²) in [5, 5.41) is 11.0. The molecule has 1 fully saturated rings. The first-order chi connectivity index (χ1) is 10.3. The number of carbonyl (C=O) groups is 3. The normalized spacial score (nSPS) is 16.0. The van der Waals surface area contributed by atoms with Gasteiger partial charge in [0, 0.05) is 18.9 Å². The zero-order chi connectivity index (χ0) is 16.4. The third-order valence-electron chi connectivity index (χ3n) is 3.41. The summed E-state index contributed by atoms with van der Waals surface area (Å²) in [6, 6.07) is 2.75. The van der Waals surface area contributed by atoms with Crippen LogP contribution in [0.4, 0.5) is 5.69 Å². The summed E-state index contributed by atoms with van der Waals surface area (Å²) in [7, 11) is -3.05. The first-order valence-corrected chi connectivity index (χ1v) is 7.53. The molecule has 0 amide bonds. The number of nitro groups is 1. The summed E-state index contributed by atoms with van der Waals surface area (Å²) < 4.78 is 21.8. The molecule has 116 valence electrons. The van der Waals surface area contributed by atoms with Gasteiger partial charge in [-0.1, -0.05) is 0 Å². The van der Waals surface area contributed by atoms with Gasteiger partial charge < -0.3 is 0 Å². The molecule has 0 N–H and O–H groups in total. The molecule has 9 heteroatoms. The Morgan fingerprint density at radius 1 is 1.18 bits per heavy atom. The van der Waals surface area contributed by atoms with Gasteiger partial charge >= 0.3 is 0 Å². The minimum absolute atomic E-state index is 0.0699. The topological polar surface area (TPSA) is 128 Å². The number of ketones is 3. The molecule has 1 aromatic rings. The highest BCUT2D eigenvalue weighted by Crippen LogP contribution is 2.27. The fraction of sp³-hybridized carbons (Fsp3) is 0.308. The van der Waals surface area contributed by atoms with Gasteiger partial charge in [0.2, 0.25) is 0 Å². The lowest BCUT2D eigenvalue weighted by molar-refractivity contribution is -0.385. The van der Waals surface area contributed by atoms with E-state index in [0.717, 1.165) is 18.2 Å². The van der Waals surface area contributed by atoms with E-state index < -0.39 is 50.1 Å². The Bertz CT molecular complexity index is 742. The second-order valence-corrected chi connectivity index (χ2v) is 5.83. The van der Waals surface area contributed by atoms with Crippen molar-refractivity contribution in [2.24, 2.45) is 5.92 Å². The molecule has 0 atom stereocenters. The molecule has 22 heavy (non-hydrogen) atoms. The zero-order valence-corrected chi connectivity index (χ0v) is 12.1. The van der Waals surface area contributed by atoms with Gasteiger partial charge in [-0.25, -0.2) is 8.42 Å². The average molecular weight is 325 g/mol. The number of thiol groups is 1. The van der Waals surface area contributed by atoms with Crippen molar-refractivity contribution in [2.75, 3.05) is 0 Å². The van der Waals surface area contributed by atoms with Crippen LogP contribution < -0.4 is 0 Å². The Hall–Kier alpha value is -2.42. The van der Waals surface area contributed by atoms with Crippen LogP contribution in [0.3, 0.4) is 0 Å². The Morgan fingerprint density at radius 2 is 1.77 bits per heavy atom. The van der Waals surface area contributed by atoms with Gasteiger partial charge in [-0.15, -0.1) is 0 Å². The lowest BCUT2D eigenvalue weighted by atomic mass is 9.81. The zero-order valence-electron chi connectivity index (χ0n) is 11.2. The van der Waals surface area contributed by atoms with E-state index in [4.69, 9.17) is 0 Å². The van der Waals surface area contributed by atoms with Gasteiger partial charge in [0.05, 0.1) is 15.4 Å². The van der Waals surface area contributed by atoms with Crippen LogP contribution in [0.15, 0.2) is 23.1 Å². The van der Waals surface area contributed by atoms with Gasteiger partial charge in [0.25, 0.3) is 5.69 Å². The molecule has 1 aliphatic rings. The summed E-state index contributed by atoms with van der Waals surface area (Å²) >= 11 is 0. The standard InChI is InChI=1S/C13H11NO7S/c15-10-2-1-3-11(16)12(10)13(17)8-5-4-7(22(20)21)6-9(8)14(18)19/h4-6,12,22H,1-3H2. The van der Waals surface area contributed by atoms with Crippen LogP contribution in [0, 0.1) is 16.0 Å². The van der Waals surface area contributed by atoms with E-state index in [1.54, 1.807) is 0 Å². The minimum Gasteiger partial charge on any atom is -0.298 e. The predicted molar refractivity (Wildman–Crippen MR) is 73.4 cm³/mol. The number of nitro benzene ring substituents is 1.